The van der Waals surface area contributed by atoms with Crippen molar-refractivity contribution in [2.24, 2.45) is 5.92 Å². The molecular weight excluding hydrogens is 503 g/mol. The van der Waals surface area contributed by atoms with Gasteiger partial charge in [-0.1, -0.05) is 12.1 Å². The Morgan fingerprint density at radius 2 is 1.36 bits per heavy atom. The van der Waals surface area contributed by atoms with Crippen LogP contribution in [0.2, 0.25) is 0 Å². The summed E-state index contributed by atoms with van der Waals surface area (Å²) >= 11 is 0. The number of halogens is 1. The van der Waals surface area contributed by atoms with Crippen molar-refractivity contribution in [2.45, 2.75) is 38.4 Å². The molecule has 39 heavy (non-hydrogen) atoms. The van der Waals surface area contributed by atoms with Gasteiger partial charge in [0.15, 0.2) is 0 Å². The Morgan fingerprint density at radius 3 is 1.90 bits per heavy atom. The van der Waals surface area contributed by atoms with Gasteiger partial charge in [-0.2, -0.15) is 0 Å². The third-order valence-corrected chi connectivity index (χ3v) is 6.55. The normalized spacial score (nSPS) is 16.6. The van der Waals surface area contributed by atoms with Crippen LogP contribution in [0.15, 0.2) is 72.8 Å². The van der Waals surface area contributed by atoms with E-state index in [1.165, 1.54) is 12.1 Å². The second-order valence-corrected chi connectivity index (χ2v) is 9.41. The standard InChI is InChI=1S/C30H31FN2O6/c31-24-3-1-2-20(18-24)19-38-25-10-4-21(5-11-25)28(34)32-16-17-33-29(35)22-6-12-26(13-7-22)39-27-14-8-23(9-15-27)30(36)37/h1-7,10-13,18,23,27H,8-9,14-17,19H2,(H,32,34)(H,33,35)(H,36,37)/t23-,27+. The van der Waals surface area contributed by atoms with Gasteiger partial charge in [0.05, 0.1) is 12.0 Å². The molecule has 204 valence electrons. The summed E-state index contributed by atoms with van der Waals surface area (Å²) in [4.78, 5) is 35.9. The van der Waals surface area contributed by atoms with Crippen molar-refractivity contribution in [1.29, 1.82) is 0 Å². The Morgan fingerprint density at radius 1 is 0.795 bits per heavy atom. The number of carboxylic acid groups (broad SMARTS) is 1. The topological polar surface area (TPSA) is 114 Å². The Labute approximate surface area is 226 Å². The molecule has 1 fully saturated rings. The minimum atomic E-state index is -0.747. The van der Waals surface area contributed by atoms with Crippen molar-refractivity contribution in [3.05, 3.63) is 95.3 Å². The van der Waals surface area contributed by atoms with E-state index < -0.39 is 5.97 Å². The van der Waals surface area contributed by atoms with Crippen LogP contribution in [-0.2, 0) is 11.4 Å². The van der Waals surface area contributed by atoms with Crippen molar-refractivity contribution >= 4 is 17.8 Å². The van der Waals surface area contributed by atoms with Crippen molar-refractivity contribution in [2.75, 3.05) is 13.1 Å². The molecule has 0 unspecified atom stereocenters. The lowest BCUT2D eigenvalue weighted by Crippen LogP contribution is -2.34. The summed E-state index contributed by atoms with van der Waals surface area (Å²) < 4.78 is 24.8. The van der Waals surface area contributed by atoms with Gasteiger partial charge >= 0.3 is 5.97 Å². The molecule has 1 aliphatic carbocycles. The summed E-state index contributed by atoms with van der Waals surface area (Å²) in [6, 6.07) is 19.6. The third kappa shape index (κ3) is 8.29. The SMILES string of the molecule is O=C(NCCNC(=O)c1ccc(O[C@H]2CC[C@@H](C(=O)O)CC2)cc1)c1ccc(OCc2cccc(F)c2)cc1. The van der Waals surface area contributed by atoms with Gasteiger partial charge in [0.1, 0.15) is 23.9 Å². The minimum Gasteiger partial charge on any atom is -0.490 e. The maximum Gasteiger partial charge on any atom is 0.306 e. The van der Waals surface area contributed by atoms with E-state index >= 15 is 0 Å². The van der Waals surface area contributed by atoms with Gasteiger partial charge in [0.2, 0.25) is 0 Å². The molecule has 9 heteroatoms. The smallest absolute Gasteiger partial charge is 0.306 e. The number of nitrogens with one attached hydrogen (secondary N) is 2. The van der Waals surface area contributed by atoms with Crippen molar-refractivity contribution < 1.29 is 33.4 Å². The van der Waals surface area contributed by atoms with Gasteiger partial charge in [0.25, 0.3) is 11.8 Å². The molecule has 0 bridgehead atoms. The van der Waals surface area contributed by atoms with Gasteiger partial charge in [0, 0.05) is 24.2 Å². The summed E-state index contributed by atoms with van der Waals surface area (Å²) in [6.45, 7) is 0.724. The zero-order valence-corrected chi connectivity index (χ0v) is 21.4. The molecule has 0 radical (unpaired) electrons. The fourth-order valence-corrected chi connectivity index (χ4v) is 4.36. The van der Waals surface area contributed by atoms with Gasteiger partial charge in [-0.15, -0.1) is 0 Å². The van der Waals surface area contributed by atoms with Gasteiger partial charge in [-0.05, 0) is 91.9 Å². The molecular formula is C30H31FN2O6. The lowest BCUT2D eigenvalue weighted by molar-refractivity contribution is -0.143. The molecule has 3 aromatic rings. The number of benzene rings is 3. The quantitative estimate of drug-likeness (QED) is 0.310. The van der Waals surface area contributed by atoms with Gasteiger partial charge < -0.3 is 25.2 Å². The van der Waals surface area contributed by atoms with Crippen molar-refractivity contribution in [3.8, 4) is 11.5 Å². The highest BCUT2D eigenvalue weighted by Gasteiger charge is 2.26. The zero-order valence-electron chi connectivity index (χ0n) is 21.4. The number of hydrogen-bond donors (Lipinski definition) is 3. The molecule has 2 amide bonds. The highest BCUT2D eigenvalue weighted by Crippen LogP contribution is 2.28. The maximum atomic E-state index is 13.3. The first-order valence-electron chi connectivity index (χ1n) is 12.9. The fourth-order valence-electron chi connectivity index (χ4n) is 4.36. The van der Waals surface area contributed by atoms with Crippen LogP contribution in [0.25, 0.3) is 0 Å². The van der Waals surface area contributed by atoms with Gasteiger partial charge in [-0.25, -0.2) is 4.39 Å². The summed E-state index contributed by atoms with van der Waals surface area (Å²) in [7, 11) is 0. The number of hydrogen-bond acceptors (Lipinski definition) is 5. The number of aliphatic carboxylic acids is 1. The molecule has 4 rings (SSSR count). The molecule has 1 saturated carbocycles. The molecule has 8 nitrogen and oxygen atoms in total. The van der Waals surface area contributed by atoms with E-state index in [0.29, 0.717) is 53.9 Å². The number of carboxylic acids is 1. The molecule has 0 aliphatic heterocycles. The van der Waals surface area contributed by atoms with Crippen LogP contribution >= 0.6 is 0 Å². The lowest BCUT2D eigenvalue weighted by Gasteiger charge is -2.26. The van der Waals surface area contributed by atoms with Crippen LogP contribution in [0, 0.1) is 11.7 Å². The summed E-state index contributed by atoms with van der Waals surface area (Å²) in [5.41, 5.74) is 1.63. The molecule has 0 atom stereocenters. The average Bonchev–Trinajstić information content (AvgIpc) is 2.95. The van der Waals surface area contributed by atoms with E-state index in [1.54, 1.807) is 60.7 Å². The van der Waals surface area contributed by atoms with Crippen molar-refractivity contribution in [1.82, 2.24) is 10.6 Å². The minimum absolute atomic E-state index is 0.0205. The summed E-state index contributed by atoms with van der Waals surface area (Å²) in [5.74, 6) is -0.704. The largest absolute Gasteiger partial charge is 0.490 e. The highest BCUT2D eigenvalue weighted by molar-refractivity contribution is 5.95. The molecule has 3 N–H and O–H groups in total. The van der Waals surface area contributed by atoms with Crippen LogP contribution in [-0.4, -0.2) is 42.1 Å². The maximum absolute atomic E-state index is 13.3. The van der Waals surface area contributed by atoms with E-state index in [9.17, 15) is 18.8 Å². The predicted octanol–water partition coefficient (Wildman–Crippen LogP) is 4.59. The summed E-state index contributed by atoms with van der Waals surface area (Å²) in [5, 5.41) is 14.6. The molecule has 1 aliphatic rings. The molecule has 3 aromatic carbocycles. The van der Waals surface area contributed by atoms with Crippen LogP contribution in [0.3, 0.4) is 0 Å². The van der Waals surface area contributed by atoms with Crippen LogP contribution in [0.4, 0.5) is 4.39 Å². The third-order valence-electron chi connectivity index (χ3n) is 6.55. The zero-order chi connectivity index (χ0) is 27.6. The fraction of sp³-hybridized carbons (Fsp3) is 0.300. The van der Waals surface area contributed by atoms with E-state index in [4.69, 9.17) is 14.6 Å². The second kappa shape index (κ2) is 13.4. The van der Waals surface area contributed by atoms with E-state index in [-0.39, 0.29) is 49.3 Å². The first-order chi connectivity index (χ1) is 18.9. The molecule has 0 saturated heterocycles. The Hall–Kier alpha value is -4.40. The van der Waals surface area contributed by atoms with E-state index in [0.717, 1.165) is 0 Å². The van der Waals surface area contributed by atoms with Crippen LogP contribution in [0.1, 0.15) is 52.0 Å². The van der Waals surface area contributed by atoms with E-state index in [2.05, 4.69) is 10.6 Å². The lowest BCUT2D eigenvalue weighted by atomic mass is 9.87. The number of amides is 2. The Kier molecular flexibility index (Phi) is 9.50. The number of carbonyl (C=O) groups excluding carboxylic acids is 2. The summed E-state index contributed by atoms with van der Waals surface area (Å²) in [6.07, 6.45) is 2.58. The first-order valence-corrected chi connectivity index (χ1v) is 12.9. The molecule has 0 aromatic heterocycles. The highest BCUT2D eigenvalue weighted by atomic mass is 19.1. The van der Waals surface area contributed by atoms with E-state index in [1.807, 2.05) is 0 Å². The monoisotopic (exact) mass is 534 g/mol. The number of rotatable bonds is 11. The average molecular weight is 535 g/mol. The van der Waals surface area contributed by atoms with Crippen LogP contribution in [0.5, 0.6) is 11.5 Å². The van der Waals surface area contributed by atoms with Gasteiger partial charge in [-0.3, -0.25) is 14.4 Å². The predicted molar refractivity (Wildman–Crippen MR) is 142 cm³/mol. The molecule has 0 spiro atoms. The Bertz CT molecular complexity index is 1270. The number of carbonyl (C=O) groups is 3. The van der Waals surface area contributed by atoms with Crippen molar-refractivity contribution in [3.63, 3.8) is 0 Å². The Balaban J connectivity index is 1.14. The molecule has 0 heterocycles. The second-order valence-electron chi connectivity index (χ2n) is 9.41. The number of ether oxygens (including phenoxy) is 2. The van der Waals surface area contributed by atoms with Crippen LogP contribution < -0.4 is 20.1 Å². The first kappa shape index (κ1) is 27.6.